The van der Waals surface area contributed by atoms with Crippen molar-refractivity contribution in [3.63, 3.8) is 0 Å². The van der Waals surface area contributed by atoms with Crippen LogP contribution in [0.15, 0.2) is 53.8 Å². The fourth-order valence-corrected chi connectivity index (χ4v) is 5.72. The van der Waals surface area contributed by atoms with Crippen LogP contribution < -0.4 is 5.32 Å². The molecule has 36 heavy (non-hydrogen) atoms. The second kappa shape index (κ2) is 10.1. The number of aromatic nitrogens is 1. The minimum atomic E-state index is -0.0751. The number of carbonyl (C=O) groups excluding carboxylic acids is 2. The maximum absolute atomic E-state index is 13.1. The lowest BCUT2D eigenvalue weighted by Gasteiger charge is -2.32. The number of nitrogens with one attached hydrogen (secondary N) is 2. The number of fused-ring (bicyclic) bond motifs is 1. The number of halogens is 1. The van der Waals surface area contributed by atoms with Crippen LogP contribution in [0.5, 0.6) is 0 Å². The minimum absolute atomic E-state index is 0.0458. The normalized spacial score (nSPS) is 23.1. The van der Waals surface area contributed by atoms with Crippen LogP contribution in [0.4, 0.5) is 0 Å². The summed E-state index contributed by atoms with van der Waals surface area (Å²) in [7, 11) is 2.09. The molecule has 3 aliphatic rings. The standard InChI is InChI=1S/C29H33ClN4O2/c1-18-22(11-12-27(35)34-15-13-33(3)14-16-34)19(2)31-26(18)17-24-28-23(20-7-9-21(30)10-8-20)5-4-6-25(28)32-29(24)36/h4-10,17,23,28,31H,11-16H2,1-3H3,(H,32,36)/b24-17-. The number of hydrogen-bond donors (Lipinski definition) is 2. The number of nitrogens with zero attached hydrogens (tertiary/aromatic N) is 2. The van der Waals surface area contributed by atoms with E-state index in [4.69, 9.17) is 11.6 Å². The Bertz CT molecular complexity index is 1260. The quantitative estimate of drug-likeness (QED) is 0.594. The van der Waals surface area contributed by atoms with E-state index in [9.17, 15) is 9.59 Å². The van der Waals surface area contributed by atoms with Crippen LogP contribution in [-0.4, -0.2) is 59.8 Å². The van der Waals surface area contributed by atoms with Crippen LogP contribution in [0.25, 0.3) is 6.08 Å². The zero-order chi connectivity index (χ0) is 25.4. The summed E-state index contributed by atoms with van der Waals surface area (Å²) in [5.74, 6) is 0.124. The van der Waals surface area contributed by atoms with Crippen molar-refractivity contribution in [2.75, 3.05) is 33.2 Å². The number of H-pyrrole nitrogens is 1. The molecule has 0 saturated carbocycles. The predicted octanol–water partition coefficient (Wildman–Crippen LogP) is 4.36. The topological polar surface area (TPSA) is 68.4 Å². The first-order chi connectivity index (χ1) is 17.3. The molecule has 2 atom stereocenters. The monoisotopic (exact) mass is 504 g/mol. The lowest BCUT2D eigenvalue weighted by atomic mass is 9.78. The Hall–Kier alpha value is -3.09. The lowest BCUT2D eigenvalue weighted by Crippen LogP contribution is -2.47. The number of benzene rings is 1. The van der Waals surface area contributed by atoms with Gasteiger partial charge in [0.15, 0.2) is 0 Å². The third kappa shape index (κ3) is 4.80. The number of aromatic amines is 1. The number of amides is 2. The second-order valence-corrected chi connectivity index (χ2v) is 10.5. The van der Waals surface area contributed by atoms with Gasteiger partial charge in [0, 0.05) is 72.1 Å². The maximum Gasteiger partial charge on any atom is 0.252 e. The summed E-state index contributed by atoms with van der Waals surface area (Å²) in [6.07, 6.45) is 9.33. The van der Waals surface area contributed by atoms with E-state index in [0.29, 0.717) is 17.9 Å². The second-order valence-electron chi connectivity index (χ2n) is 10.1. The molecule has 7 heteroatoms. The number of rotatable bonds is 5. The van der Waals surface area contributed by atoms with Crippen molar-refractivity contribution in [3.8, 4) is 0 Å². The molecular formula is C29H33ClN4O2. The average Bonchev–Trinajstić information content (AvgIpc) is 3.33. The third-order valence-corrected chi connectivity index (χ3v) is 8.03. The number of likely N-dealkylation sites (N-methyl/N-ethyl adjacent to an activating group) is 1. The van der Waals surface area contributed by atoms with Gasteiger partial charge in [0.1, 0.15) is 0 Å². The van der Waals surface area contributed by atoms with Crippen LogP contribution in [0.1, 0.15) is 40.4 Å². The highest BCUT2D eigenvalue weighted by molar-refractivity contribution is 6.30. The maximum atomic E-state index is 13.1. The molecule has 2 unspecified atom stereocenters. The third-order valence-electron chi connectivity index (χ3n) is 7.77. The molecule has 6 nitrogen and oxygen atoms in total. The van der Waals surface area contributed by atoms with Gasteiger partial charge in [-0.25, -0.2) is 0 Å². The molecule has 5 rings (SSSR count). The SMILES string of the molecule is Cc1[nH]c(/C=C2\C(=O)NC3=CC=CC(c4ccc(Cl)cc4)C32)c(C)c1CCC(=O)N1CCN(C)CC1. The highest BCUT2D eigenvalue weighted by Crippen LogP contribution is 2.43. The van der Waals surface area contributed by atoms with E-state index in [0.717, 1.165) is 65.5 Å². The van der Waals surface area contributed by atoms with Crippen LogP contribution in [-0.2, 0) is 16.0 Å². The molecule has 0 bridgehead atoms. The van der Waals surface area contributed by atoms with E-state index in [2.05, 4.69) is 35.2 Å². The van der Waals surface area contributed by atoms with Crippen molar-refractivity contribution in [2.24, 2.45) is 5.92 Å². The average molecular weight is 505 g/mol. The highest BCUT2D eigenvalue weighted by Gasteiger charge is 2.39. The lowest BCUT2D eigenvalue weighted by molar-refractivity contribution is -0.132. The van der Waals surface area contributed by atoms with Gasteiger partial charge in [-0.05, 0) is 68.3 Å². The molecule has 0 radical (unpaired) electrons. The van der Waals surface area contributed by atoms with Crippen molar-refractivity contribution >= 4 is 29.5 Å². The Morgan fingerprint density at radius 3 is 2.58 bits per heavy atom. The van der Waals surface area contributed by atoms with Gasteiger partial charge in [-0.2, -0.15) is 0 Å². The molecule has 188 valence electrons. The molecule has 1 aromatic heterocycles. The van der Waals surface area contributed by atoms with Crippen LogP contribution in [0.2, 0.25) is 5.02 Å². The zero-order valence-electron chi connectivity index (χ0n) is 21.1. The first-order valence-electron chi connectivity index (χ1n) is 12.6. The first kappa shape index (κ1) is 24.6. The Morgan fingerprint density at radius 2 is 1.86 bits per heavy atom. The molecule has 2 fully saturated rings. The summed E-state index contributed by atoms with van der Waals surface area (Å²) < 4.78 is 0. The molecule has 2 saturated heterocycles. The number of hydrogen-bond acceptors (Lipinski definition) is 3. The van der Waals surface area contributed by atoms with Crippen molar-refractivity contribution < 1.29 is 9.59 Å². The summed E-state index contributed by atoms with van der Waals surface area (Å²) in [6, 6.07) is 7.84. The van der Waals surface area contributed by atoms with Gasteiger partial charge in [-0.3, -0.25) is 9.59 Å². The number of allylic oxidation sites excluding steroid dienone is 4. The Balaban J connectivity index is 1.37. The highest BCUT2D eigenvalue weighted by atomic mass is 35.5. The van der Waals surface area contributed by atoms with E-state index in [1.165, 1.54) is 0 Å². The molecule has 2 aromatic rings. The van der Waals surface area contributed by atoms with Crippen molar-refractivity contribution in [3.05, 3.63) is 86.9 Å². The van der Waals surface area contributed by atoms with Gasteiger partial charge < -0.3 is 20.1 Å². The molecule has 2 N–H and O–H groups in total. The van der Waals surface area contributed by atoms with Gasteiger partial charge >= 0.3 is 0 Å². The minimum Gasteiger partial charge on any atom is -0.359 e. The molecule has 3 heterocycles. The van der Waals surface area contributed by atoms with E-state index < -0.39 is 0 Å². The molecular weight excluding hydrogens is 472 g/mol. The smallest absolute Gasteiger partial charge is 0.252 e. The molecule has 2 amide bonds. The van der Waals surface area contributed by atoms with Crippen molar-refractivity contribution in [2.45, 2.75) is 32.6 Å². The number of aryl methyl sites for hydroxylation is 1. The van der Waals surface area contributed by atoms with Gasteiger partial charge in [-0.15, -0.1) is 0 Å². The van der Waals surface area contributed by atoms with Gasteiger partial charge in [0.2, 0.25) is 5.91 Å². The summed E-state index contributed by atoms with van der Waals surface area (Å²) >= 11 is 6.11. The van der Waals surface area contributed by atoms with Crippen LogP contribution >= 0.6 is 11.6 Å². The van der Waals surface area contributed by atoms with Crippen LogP contribution in [0.3, 0.4) is 0 Å². The molecule has 1 aromatic carbocycles. The summed E-state index contributed by atoms with van der Waals surface area (Å²) in [4.78, 5) is 33.6. The zero-order valence-corrected chi connectivity index (χ0v) is 21.9. The Kier molecular flexibility index (Phi) is 6.91. The van der Waals surface area contributed by atoms with E-state index >= 15 is 0 Å². The van der Waals surface area contributed by atoms with Gasteiger partial charge in [-0.1, -0.05) is 35.9 Å². The largest absolute Gasteiger partial charge is 0.359 e. The summed E-state index contributed by atoms with van der Waals surface area (Å²) in [6.45, 7) is 7.58. The predicted molar refractivity (Wildman–Crippen MR) is 144 cm³/mol. The summed E-state index contributed by atoms with van der Waals surface area (Å²) in [5.41, 5.74) is 7.05. The Labute approximate surface area is 217 Å². The molecule has 2 aliphatic heterocycles. The van der Waals surface area contributed by atoms with Gasteiger partial charge in [0.05, 0.1) is 0 Å². The molecule has 1 aliphatic carbocycles. The molecule has 0 spiro atoms. The number of piperazine rings is 1. The van der Waals surface area contributed by atoms with E-state index in [1.54, 1.807) is 0 Å². The van der Waals surface area contributed by atoms with Crippen LogP contribution in [0, 0.1) is 19.8 Å². The first-order valence-corrected chi connectivity index (χ1v) is 13.0. The summed E-state index contributed by atoms with van der Waals surface area (Å²) in [5, 5.41) is 3.76. The fourth-order valence-electron chi connectivity index (χ4n) is 5.59. The van der Waals surface area contributed by atoms with E-state index in [1.807, 2.05) is 54.3 Å². The van der Waals surface area contributed by atoms with Crippen molar-refractivity contribution in [1.29, 1.82) is 0 Å². The Morgan fingerprint density at radius 1 is 1.14 bits per heavy atom. The van der Waals surface area contributed by atoms with Crippen molar-refractivity contribution in [1.82, 2.24) is 20.1 Å². The van der Waals surface area contributed by atoms with Gasteiger partial charge in [0.25, 0.3) is 5.91 Å². The van der Waals surface area contributed by atoms with E-state index in [-0.39, 0.29) is 23.7 Å². The fraction of sp³-hybridized carbons (Fsp3) is 0.379. The number of carbonyl (C=O) groups is 2.